The molecular formula is C18H28ClN3O. The predicted octanol–water partition coefficient (Wildman–Crippen LogP) is 3.04. The molecule has 1 aromatic carbocycles. The van der Waals surface area contributed by atoms with Crippen molar-refractivity contribution in [3.63, 3.8) is 0 Å². The second-order valence-electron chi connectivity index (χ2n) is 6.75. The molecule has 1 aromatic rings. The van der Waals surface area contributed by atoms with Gasteiger partial charge in [-0.2, -0.15) is 0 Å². The summed E-state index contributed by atoms with van der Waals surface area (Å²) in [5.41, 5.74) is 1.03. The van der Waals surface area contributed by atoms with E-state index in [1.807, 2.05) is 6.07 Å². The van der Waals surface area contributed by atoms with E-state index in [-0.39, 0.29) is 5.75 Å². The number of piperidine rings is 1. The minimum absolute atomic E-state index is 0.247. The third-order valence-corrected chi connectivity index (χ3v) is 5.22. The van der Waals surface area contributed by atoms with Crippen molar-refractivity contribution >= 4 is 17.3 Å². The monoisotopic (exact) mass is 337 g/mol. The van der Waals surface area contributed by atoms with E-state index in [9.17, 15) is 5.11 Å². The Kier molecular flexibility index (Phi) is 6.03. The lowest BCUT2D eigenvalue weighted by Gasteiger charge is -2.36. The Labute approximate surface area is 144 Å². The average molecular weight is 338 g/mol. The number of halogens is 1. The van der Waals surface area contributed by atoms with Crippen LogP contribution in [0.25, 0.3) is 0 Å². The number of piperazine rings is 1. The van der Waals surface area contributed by atoms with E-state index in [4.69, 9.17) is 11.6 Å². The number of phenols is 1. The second-order valence-corrected chi connectivity index (χ2v) is 7.19. The summed E-state index contributed by atoms with van der Waals surface area (Å²) < 4.78 is 0. The molecule has 2 fully saturated rings. The van der Waals surface area contributed by atoms with Gasteiger partial charge in [-0.25, -0.2) is 0 Å². The Morgan fingerprint density at radius 2 is 1.48 bits per heavy atom. The van der Waals surface area contributed by atoms with Crippen molar-refractivity contribution in [1.29, 1.82) is 0 Å². The van der Waals surface area contributed by atoms with Crippen LogP contribution in [-0.4, -0.2) is 67.3 Å². The Morgan fingerprint density at radius 1 is 0.826 bits per heavy atom. The molecule has 2 saturated heterocycles. The summed E-state index contributed by atoms with van der Waals surface area (Å²) in [5.74, 6) is 0.247. The molecule has 0 aliphatic carbocycles. The van der Waals surface area contributed by atoms with Crippen LogP contribution in [0.1, 0.15) is 25.7 Å². The molecule has 1 N–H and O–H groups in total. The number of likely N-dealkylation sites (tertiary alicyclic amines) is 1. The lowest BCUT2D eigenvalue weighted by molar-refractivity contribution is 0.198. The van der Waals surface area contributed by atoms with Crippen LogP contribution in [0.4, 0.5) is 5.69 Å². The molecule has 0 atom stereocenters. The first kappa shape index (κ1) is 16.9. The molecule has 0 amide bonds. The van der Waals surface area contributed by atoms with Crippen LogP contribution in [0.3, 0.4) is 0 Å². The standard InChI is InChI=1S/C18H28ClN3O/c19-16-13-17(15-18(23)14-16)22-11-9-21(10-12-22)8-4-7-20-5-2-1-3-6-20/h13-15,23H,1-12H2. The Balaban J connectivity index is 1.39. The van der Waals surface area contributed by atoms with Crippen molar-refractivity contribution in [3.05, 3.63) is 23.2 Å². The number of benzene rings is 1. The van der Waals surface area contributed by atoms with Crippen LogP contribution < -0.4 is 4.90 Å². The first-order valence-electron chi connectivity index (χ1n) is 8.90. The second kappa shape index (κ2) is 8.22. The van der Waals surface area contributed by atoms with Gasteiger partial charge in [-0.15, -0.1) is 0 Å². The minimum Gasteiger partial charge on any atom is -0.508 e. The normalized spacial score (nSPS) is 20.8. The summed E-state index contributed by atoms with van der Waals surface area (Å²) in [6, 6.07) is 5.33. The van der Waals surface area contributed by atoms with Gasteiger partial charge in [-0.05, 0) is 57.6 Å². The summed E-state index contributed by atoms with van der Waals surface area (Å²) >= 11 is 6.04. The number of rotatable bonds is 5. The van der Waals surface area contributed by atoms with E-state index in [0.29, 0.717) is 5.02 Å². The third kappa shape index (κ3) is 5.00. The fourth-order valence-corrected chi connectivity index (χ4v) is 3.90. The van der Waals surface area contributed by atoms with Gasteiger partial charge in [0.05, 0.1) is 0 Å². The van der Waals surface area contributed by atoms with E-state index >= 15 is 0 Å². The summed E-state index contributed by atoms with van der Waals surface area (Å²) in [6.07, 6.45) is 5.45. The number of aromatic hydroxyl groups is 1. The summed E-state index contributed by atoms with van der Waals surface area (Å²) in [7, 11) is 0. The molecule has 0 unspecified atom stereocenters. The first-order chi connectivity index (χ1) is 11.2. The summed E-state index contributed by atoms with van der Waals surface area (Å²) in [6.45, 7) is 9.24. The molecule has 3 rings (SSSR count). The van der Waals surface area contributed by atoms with Gasteiger partial charge < -0.3 is 14.9 Å². The van der Waals surface area contributed by atoms with Crippen LogP contribution in [0.15, 0.2) is 18.2 Å². The highest BCUT2D eigenvalue weighted by atomic mass is 35.5. The molecule has 0 saturated carbocycles. The molecule has 5 heteroatoms. The topological polar surface area (TPSA) is 30.0 Å². The molecule has 2 heterocycles. The zero-order valence-corrected chi connectivity index (χ0v) is 14.6. The zero-order valence-electron chi connectivity index (χ0n) is 13.9. The average Bonchev–Trinajstić information content (AvgIpc) is 2.56. The fraction of sp³-hybridized carbons (Fsp3) is 0.667. The van der Waals surface area contributed by atoms with Crippen molar-refractivity contribution < 1.29 is 5.11 Å². The van der Waals surface area contributed by atoms with Crippen molar-refractivity contribution in [2.45, 2.75) is 25.7 Å². The number of phenolic OH excluding ortho intramolecular Hbond substituents is 1. The molecule has 0 bridgehead atoms. The van der Waals surface area contributed by atoms with Crippen LogP contribution in [0, 0.1) is 0 Å². The highest BCUT2D eigenvalue weighted by molar-refractivity contribution is 6.31. The minimum atomic E-state index is 0.247. The number of hydrogen-bond acceptors (Lipinski definition) is 4. The molecule has 0 radical (unpaired) electrons. The molecule has 2 aliphatic heterocycles. The van der Waals surface area contributed by atoms with Gasteiger partial charge in [-0.3, -0.25) is 4.90 Å². The van der Waals surface area contributed by atoms with Crippen LogP contribution in [-0.2, 0) is 0 Å². The number of nitrogens with zero attached hydrogens (tertiary/aromatic N) is 3. The van der Waals surface area contributed by atoms with E-state index in [0.717, 1.165) is 31.9 Å². The molecule has 4 nitrogen and oxygen atoms in total. The largest absolute Gasteiger partial charge is 0.508 e. The molecule has 0 spiro atoms. The first-order valence-corrected chi connectivity index (χ1v) is 9.28. The SMILES string of the molecule is Oc1cc(Cl)cc(N2CCN(CCCN3CCCCC3)CC2)c1. The maximum atomic E-state index is 9.69. The third-order valence-electron chi connectivity index (χ3n) is 5.00. The zero-order chi connectivity index (χ0) is 16.1. The maximum absolute atomic E-state index is 9.69. The van der Waals surface area contributed by atoms with Gasteiger partial charge in [0.1, 0.15) is 5.75 Å². The quantitative estimate of drug-likeness (QED) is 0.894. The van der Waals surface area contributed by atoms with Gasteiger partial charge in [0.2, 0.25) is 0 Å². The van der Waals surface area contributed by atoms with E-state index in [1.165, 1.54) is 51.9 Å². The summed E-state index contributed by atoms with van der Waals surface area (Å²) in [4.78, 5) is 7.49. The molecule has 128 valence electrons. The number of anilines is 1. The smallest absolute Gasteiger partial charge is 0.119 e. The highest BCUT2D eigenvalue weighted by Crippen LogP contribution is 2.26. The van der Waals surface area contributed by atoms with Crippen molar-refractivity contribution in [3.8, 4) is 5.75 Å². The lowest BCUT2D eigenvalue weighted by Crippen LogP contribution is -2.47. The van der Waals surface area contributed by atoms with Gasteiger partial charge in [0.15, 0.2) is 0 Å². The van der Waals surface area contributed by atoms with Crippen LogP contribution in [0.2, 0.25) is 5.02 Å². The van der Waals surface area contributed by atoms with Gasteiger partial charge >= 0.3 is 0 Å². The molecule has 2 aliphatic rings. The van der Waals surface area contributed by atoms with Gasteiger partial charge in [0.25, 0.3) is 0 Å². The molecule has 23 heavy (non-hydrogen) atoms. The van der Waals surface area contributed by atoms with E-state index in [2.05, 4.69) is 14.7 Å². The van der Waals surface area contributed by atoms with Gasteiger partial charge in [0, 0.05) is 43.0 Å². The molecule has 0 aromatic heterocycles. The van der Waals surface area contributed by atoms with Crippen molar-refractivity contribution in [2.24, 2.45) is 0 Å². The Morgan fingerprint density at radius 3 is 2.13 bits per heavy atom. The van der Waals surface area contributed by atoms with Crippen LogP contribution >= 0.6 is 11.6 Å². The maximum Gasteiger partial charge on any atom is 0.119 e. The summed E-state index contributed by atoms with van der Waals surface area (Å²) in [5, 5.41) is 10.3. The van der Waals surface area contributed by atoms with E-state index < -0.39 is 0 Å². The van der Waals surface area contributed by atoms with Crippen molar-refractivity contribution in [2.75, 3.05) is 57.3 Å². The predicted molar refractivity (Wildman–Crippen MR) is 96.7 cm³/mol. The van der Waals surface area contributed by atoms with E-state index in [1.54, 1.807) is 12.1 Å². The Bertz CT molecular complexity index is 477. The van der Waals surface area contributed by atoms with Gasteiger partial charge in [-0.1, -0.05) is 18.0 Å². The van der Waals surface area contributed by atoms with Crippen LogP contribution in [0.5, 0.6) is 5.75 Å². The number of hydrogen-bond donors (Lipinski definition) is 1. The fourth-order valence-electron chi connectivity index (χ4n) is 3.67. The van der Waals surface area contributed by atoms with Crippen molar-refractivity contribution in [1.82, 2.24) is 9.80 Å². The highest BCUT2D eigenvalue weighted by Gasteiger charge is 2.18. The lowest BCUT2D eigenvalue weighted by atomic mass is 10.1. The Hall–Kier alpha value is -0.970. The molecular weight excluding hydrogens is 310 g/mol.